The Morgan fingerprint density at radius 3 is 2.40 bits per heavy atom. The first-order valence-corrected chi connectivity index (χ1v) is 12.8. The Morgan fingerprint density at radius 2 is 1.71 bits per heavy atom. The molecule has 3 aromatic rings. The maximum absolute atomic E-state index is 13.6. The molecule has 0 aromatic heterocycles. The van der Waals surface area contributed by atoms with E-state index >= 15 is 0 Å². The summed E-state index contributed by atoms with van der Waals surface area (Å²) >= 11 is 3.46. The Labute approximate surface area is 216 Å². The Hall–Kier alpha value is -3.12. The van der Waals surface area contributed by atoms with Gasteiger partial charge in [-0.2, -0.15) is 0 Å². The molecule has 0 heterocycles. The van der Waals surface area contributed by atoms with Gasteiger partial charge in [-0.05, 0) is 54.3 Å². The van der Waals surface area contributed by atoms with Crippen LogP contribution in [0.25, 0.3) is 0 Å². The normalized spacial score (nSPS) is 11.5. The second-order valence-corrected chi connectivity index (χ2v) is 9.52. The standard InChI is InChI=1S/C29H33BrN2O3/c1-3-4-17-31-29(34)27(19-23-10-6-5-7-11-23)32(20-24-13-15-25(30)16-14-24)28(33)21-35-26-12-8-9-22(2)18-26/h5-16,18,27H,3-4,17,19-21H2,1-2H3,(H,31,34)/t27-/m1/s1. The van der Waals surface area contributed by atoms with E-state index < -0.39 is 6.04 Å². The number of nitrogens with zero attached hydrogens (tertiary/aromatic N) is 1. The van der Waals surface area contributed by atoms with Crippen molar-refractivity contribution in [1.82, 2.24) is 10.2 Å². The van der Waals surface area contributed by atoms with Gasteiger partial charge in [0, 0.05) is 24.0 Å². The average molecular weight is 537 g/mol. The van der Waals surface area contributed by atoms with Gasteiger partial charge >= 0.3 is 0 Å². The lowest BCUT2D eigenvalue weighted by Crippen LogP contribution is -2.51. The molecule has 0 saturated heterocycles. The fraction of sp³-hybridized carbons (Fsp3) is 0.310. The second kappa shape index (κ2) is 13.7. The van der Waals surface area contributed by atoms with Crippen molar-refractivity contribution >= 4 is 27.7 Å². The van der Waals surface area contributed by atoms with Crippen molar-refractivity contribution in [3.63, 3.8) is 0 Å². The number of aryl methyl sites for hydroxylation is 1. The molecule has 35 heavy (non-hydrogen) atoms. The van der Waals surface area contributed by atoms with Gasteiger partial charge in [0.15, 0.2) is 6.61 Å². The van der Waals surface area contributed by atoms with Gasteiger partial charge in [0.25, 0.3) is 5.91 Å². The highest BCUT2D eigenvalue weighted by Gasteiger charge is 2.30. The van der Waals surface area contributed by atoms with E-state index in [0.29, 0.717) is 25.3 Å². The van der Waals surface area contributed by atoms with E-state index in [2.05, 4.69) is 28.2 Å². The quantitative estimate of drug-likeness (QED) is 0.302. The zero-order valence-corrected chi connectivity index (χ0v) is 22.0. The summed E-state index contributed by atoms with van der Waals surface area (Å²) in [6.45, 7) is 4.81. The summed E-state index contributed by atoms with van der Waals surface area (Å²) in [5, 5.41) is 3.03. The molecule has 1 N–H and O–H groups in total. The largest absolute Gasteiger partial charge is 0.484 e. The fourth-order valence-corrected chi connectivity index (χ4v) is 4.04. The second-order valence-electron chi connectivity index (χ2n) is 8.60. The molecule has 1 atom stereocenters. The molecule has 0 radical (unpaired) electrons. The third-order valence-corrected chi connectivity index (χ3v) is 6.25. The first kappa shape index (κ1) is 26.5. The Balaban J connectivity index is 1.87. The lowest BCUT2D eigenvalue weighted by Gasteiger charge is -2.31. The van der Waals surface area contributed by atoms with E-state index in [1.807, 2.05) is 85.8 Å². The van der Waals surface area contributed by atoms with Crippen LogP contribution in [-0.4, -0.2) is 35.9 Å². The highest BCUT2D eigenvalue weighted by atomic mass is 79.9. The highest BCUT2D eigenvalue weighted by Crippen LogP contribution is 2.18. The maximum Gasteiger partial charge on any atom is 0.261 e. The van der Waals surface area contributed by atoms with Crippen molar-refractivity contribution in [1.29, 1.82) is 0 Å². The van der Waals surface area contributed by atoms with E-state index in [-0.39, 0.29) is 18.4 Å². The molecule has 6 heteroatoms. The average Bonchev–Trinajstić information content (AvgIpc) is 2.86. The van der Waals surface area contributed by atoms with Crippen LogP contribution >= 0.6 is 15.9 Å². The number of rotatable bonds is 12. The summed E-state index contributed by atoms with van der Waals surface area (Å²) in [7, 11) is 0. The van der Waals surface area contributed by atoms with Gasteiger partial charge in [-0.3, -0.25) is 9.59 Å². The van der Waals surface area contributed by atoms with E-state index in [1.54, 1.807) is 4.90 Å². The molecule has 0 spiro atoms. The Morgan fingerprint density at radius 1 is 0.971 bits per heavy atom. The van der Waals surface area contributed by atoms with Crippen molar-refractivity contribution in [2.45, 2.75) is 45.7 Å². The summed E-state index contributed by atoms with van der Waals surface area (Å²) in [6, 6.07) is 24.5. The lowest BCUT2D eigenvalue weighted by atomic mass is 10.0. The Kier molecular flexibility index (Phi) is 10.4. The van der Waals surface area contributed by atoms with E-state index in [0.717, 1.165) is 34.0 Å². The van der Waals surface area contributed by atoms with E-state index in [4.69, 9.17) is 4.74 Å². The fourth-order valence-electron chi connectivity index (χ4n) is 3.78. The highest BCUT2D eigenvalue weighted by molar-refractivity contribution is 9.10. The summed E-state index contributed by atoms with van der Waals surface area (Å²) < 4.78 is 6.79. The van der Waals surface area contributed by atoms with Crippen molar-refractivity contribution in [2.24, 2.45) is 0 Å². The van der Waals surface area contributed by atoms with E-state index in [1.165, 1.54) is 0 Å². The SMILES string of the molecule is CCCCNC(=O)[C@@H](Cc1ccccc1)N(Cc1ccc(Br)cc1)C(=O)COc1cccc(C)c1. The van der Waals surface area contributed by atoms with Crippen LogP contribution in [0.5, 0.6) is 5.75 Å². The number of carbonyl (C=O) groups excluding carboxylic acids is 2. The van der Waals surface area contributed by atoms with Crippen LogP contribution in [0.1, 0.15) is 36.5 Å². The number of carbonyl (C=O) groups is 2. The van der Waals surface area contributed by atoms with Crippen LogP contribution in [0.15, 0.2) is 83.3 Å². The minimum Gasteiger partial charge on any atom is -0.484 e. The number of hydrogen-bond donors (Lipinski definition) is 1. The maximum atomic E-state index is 13.6. The molecule has 0 aliphatic carbocycles. The predicted octanol–water partition coefficient (Wildman–Crippen LogP) is 5.69. The lowest BCUT2D eigenvalue weighted by molar-refractivity contribution is -0.142. The van der Waals surface area contributed by atoms with Crippen LogP contribution in [0.3, 0.4) is 0 Å². The summed E-state index contributed by atoms with van der Waals surface area (Å²) in [6.07, 6.45) is 2.29. The summed E-state index contributed by atoms with van der Waals surface area (Å²) in [4.78, 5) is 28.6. The summed E-state index contributed by atoms with van der Waals surface area (Å²) in [5.41, 5.74) is 2.99. The van der Waals surface area contributed by atoms with Gasteiger partial charge in [-0.1, -0.05) is 83.9 Å². The van der Waals surface area contributed by atoms with Gasteiger partial charge in [0.1, 0.15) is 11.8 Å². The zero-order chi connectivity index (χ0) is 25.0. The van der Waals surface area contributed by atoms with E-state index in [9.17, 15) is 9.59 Å². The monoisotopic (exact) mass is 536 g/mol. The third kappa shape index (κ3) is 8.55. The van der Waals surface area contributed by atoms with Crippen LogP contribution in [0, 0.1) is 6.92 Å². The van der Waals surface area contributed by atoms with Gasteiger partial charge in [0.2, 0.25) is 5.91 Å². The van der Waals surface area contributed by atoms with Crippen LogP contribution in [0.4, 0.5) is 0 Å². The van der Waals surface area contributed by atoms with Gasteiger partial charge in [-0.25, -0.2) is 0 Å². The van der Waals surface area contributed by atoms with Gasteiger partial charge < -0.3 is 15.0 Å². The Bertz CT molecular complexity index is 1090. The minimum atomic E-state index is -0.661. The first-order valence-electron chi connectivity index (χ1n) is 12.0. The third-order valence-electron chi connectivity index (χ3n) is 5.72. The van der Waals surface area contributed by atoms with Crippen molar-refractivity contribution in [3.05, 3.63) is 100 Å². The molecule has 5 nitrogen and oxygen atoms in total. The molecule has 3 aromatic carbocycles. The first-order chi connectivity index (χ1) is 17.0. The molecule has 0 saturated carbocycles. The predicted molar refractivity (Wildman–Crippen MR) is 143 cm³/mol. The minimum absolute atomic E-state index is 0.145. The smallest absolute Gasteiger partial charge is 0.261 e. The number of unbranched alkanes of at least 4 members (excludes halogenated alkanes) is 1. The van der Waals surface area contributed by atoms with Crippen molar-refractivity contribution in [3.8, 4) is 5.75 Å². The van der Waals surface area contributed by atoms with Crippen molar-refractivity contribution < 1.29 is 14.3 Å². The molecule has 0 bridgehead atoms. The summed E-state index contributed by atoms with van der Waals surface area (Å²) in [5.74, 6) is 0.248. The zero-order valence-electron chi connectivity index (χ0n) is 20.4. The van der Waals surface area contributed by atoms with Crippen LogP contribution in [-0.2, 0) is 22.6 Å². The number of amides is 2. The number of halogens is 1. The molecule has 0 fully saturated rings. The molecule has 0 aliphatic rings. The van der Waals surface area contributed by atoms with Gasteiger partial charge in [-0.15, -0.1) is 0 Å². The molecular weight excluding hydrogens is 504 g/mol. The molecule has 184 valence electrons. The van der Waals surface area contributed by atoms with Crippen LogP contribution < -0.4 is 10.1 Å². The number of nitrogens with one attached hydrogen (secondary N) is 1. The number of ether oxygens (including phenoxy) is 1. The van der Waals surface area contributed by atoms with Crippen LogP contribution in [0.2, 0.25) is 0 Å². The molecule has 0 unspecified atom stereocenters. The van der Waals surface area contributed by atoms with Gasteiger partial charge in [0.05, 0.1) is 0 Å². The van der Waals surface area contributed by atoms with Crippen molar-refractivity contribution in [2.75, 3.05) is 13.2 Å². The molecule has 3 rings (SSSR count). The molecule has 0 aliphatic heterocycles. The number of hydrogen-bond acceptors (Lipinski definition) is 3. The number of benzene rings is 3. The molecule has 2 amide bonds. The molecular formula is C29H33BrN2O3. The topological polar surface area (TPSA) is 58.6 Å².